The highest BCUT2D eigenvalue weighted by atomic mass is 16.6. The maximum absolute atomic E-state index is 5.28. The molecule has 0 N–H and O–H groups in total. The molecule has 0 fully saturated rings. The molecule has 0 aliphatic carbocycles. The molecule has 0 amide bonds. The number of nitrogens with zero attached hydrogens (tertiary/aromatic N) is 1. The Morgan fingerprint density at radius 1 is 1.58 bits per heavy atom. The zero-order chi connectivity index (χ0) is 9.03. The van der Waals surface area contributed by atoms with Crippen LogP contribution in [0.4, 0.5) is 0 Å². The monoisotopic (exact) mass is 169 g/mol. The van der Waals surface area contributed by atoms with Crippen LogP contribution in [0, 0.1) is 5.41 Å². The average molecular weight is 169 g/mol. The Hall–Kier alpha value is -0.530. The average Bonchev–Trinajstić information content (AvgIpc) is 2.01. The van der Waals surface area contributed by atoms with Gasteiger partial charge in [0.2, 0.25) is 0 Å². The van der Waals surface area contributed by atoms with Gasteiger partial charge in [0.15, 0.2) is 0 Å². The molecule has 0 aromatic heterocycles. The summed E-state index contributed by atoms with van der Waals surface area (Å²) in [5.41, 5.74) is 1.48. The van der Waals surface area contributed by atoms with Crippen LogP contribution in [0.2, 0.25) is 0 Å². The zero-order valence-electron chi connectivity index (χ0n) is 8.39. The fraction of sp³-hybridized carbons (Fsp3) is 0.900. The van der Waals surface area contributed by atoms with Crippen LogP contribution in [-0.2, 0) is 4.84 Å². The normalized spacial score (nSPS) is 35.8. The smallest absolute Gasteiger partial charge is 0.122 e. The van der Waals surface area contributed by atoms with Crippen molar-refractivity contribution >= 4 is 5.71 Å². The first-order valence-corrected chi connectivity index (χ1v) is 4.82. The first-order valence-electron chi connectivity index (χ1n) is 4.82. The Balaban J connectivity index is 2.53. The summed E-state index contributed by atoms with van der Waals surface area (Å²) in [4.78, 5) is 5.28. The second-order valence-electron chi connectivity index (χ2n) is 4.12. The van der Waals surface area contributed by atoms with Crippen molar-refractivity contribution in [1.29, 1.82) is 0 Å². The van der Waals surface area contributed by atoms with E-state index in [1.54, 1.807) is 0 Å². The molecule has 1 aliphatic heterocycles. The highest BCUT2D eigenvalue weighted by Gasteiger charge is 2.23. The van der Waals surface area contributed by atoms with Gasteiger partial charge in [0.1, 0.15) is 6.61 Å². The Bertz CT molecular complexity index is 177. The van der Waals surface area contributed by atoms with E-state index in [0.29, 0.717) is 5.41 Å². The summed E-state index contributed by atoms with van der Waals surface area (Å²) in [7, 11) is 0. The van der Waals surface area contributed by atoms with Crippen LogP contribution in [0.3, 0.4) is 0 Å². The van der Waals surface area contributed by atoms with E-state index in [-0.39, 0.29) is 0 Å². The lowest BCUT2D eigenvalue weighted by Gasteiger charge is -2.28. The van der Waals surface area contributed by atoms with Gasteiger partial charge in [-0.1, -0.05) is 19.0 Å². The van der Waals surface area contributed by atoms with Gasteiger partial charge in [0, 0.05) is 5.41 Å². The predicted molar refractivity (Wildman–Crippen MR) is 51.3 cm³/mol. The Labute approximate surface area is 75.0 Å². The van der Waals surface area contributed by atoms with Crippen LogP contribution >= 0.6 is 0 Å². The summed E-state index contributed by atoms with van der Waals surface area (Å²) in [6, 6.07) is 0. The summed E-state index contributed by atoms with van der Waals surface area (Å²) in [5, 5.41) is 4.04. The maximum atomic E-state index is 5.28. The molecule has 0 saturated heterocycles. The number of hydrogen-bond donors (Lipinski definition) is 0. The van der Waals surface area contributed by atoms with Gasteiger partial charge in [-0.2, -0.15) is 0 Å². The molecule has 1 heterocycles. The fourth-order valence-corrected chi connectivity index (χ4v) is 1.47. The fourth-order valence-electron chi connectivity index (χ4n) is 1.47. The molecule has 1 aliphatic rings. The van der Waals surface area contributed by atoms with Crippen LogP contribution in [0.25, 0.3) is 0 Å². The van der Waals surface area contributed by atoms with E-state index in [1.807, 2.05) is 6.92 Å². The summed E-state index contributed by atoms with van der Waals surface area (Å²) < 4.78 is 0. The highest BCUT2D eigenvalue weighted by Crippen LogP contribution is 2.29. The van der Waals surface area contributed by atoms with Gasteiger partial charge in [0.05, 0.1) is 5.71 Å². The molecule has 1 unspecified atom stereocenters. The van der Waals surface area contributed by atoms with Crippen molar-refractivity contribution in [1.82, 2.24) is 0 Å². The van der Waals surface area contributed by atoms with Crippen molar-refractivity contribution in [2.45, 2.75) is 46.5 Å². The van der Waals surface area contributed by atoms with Crippen LogP contribution in [0.1, 0.15) is 46.5 Å². The van der Waals surface area contributed by atoms with E-state index < -0.39 is 0 Å². The molecular weight excluding hydrogens is 150 g/mol. The predicted octanol–water partition coefficient (Wildman–Crippen LogP) is 2.98. The van der Waals surface area contributed by atoms with E-state index >= 15 is 0 Å². The quantitative estimate of drug-likeness (QED) is 0.591. The third kappa shape index (κ3) is 2.50. The van der Waals surface area contributed by atoms with E-state index in [4.69, 9.17) is 4.84 Å². The van der Waals surface area contributed by atoms with Crippen molar-refractivity contribution in [2.75, 3.05) is 6.61 Å². The minimum absolute atomic E-state index is 0.351. The molecule has 70 valence electrons. The molecular formula is C10H19NO. The molecule has 2 heteroatoms. The largest absolute Gasteiger partial charge is 0.395 e. The molecule has 2 nitrogen and oxygen atoms in total. The molecule has 0 spiro atoms. The van der Waals surface area contributed by atoms with Crippen LogP contribution < -0.4 is 0 Å². The SMILES string of the molecule is CCC1(C)CCC/C(C)=N\OC1. The number of oxime groups is 1. The van der Waals surface area contributed by atoms with Gasteiger partial charge in [-0.05, 0) is 32.6 Å². The zero-order valence-corrected chi connectivity index (χ0v) is 8.39. The van der Waals surface area contributed by atoms with E-state index in [0.717, 1.165) is 18.7 Å². The van der Waals surface area contributed by atoms with E-state index in [1.165, 1.54) is 19.3 Å². The third-order valence-corrected chi connectivity index (χ3v) is 2.81. The van der Waals surface area contributed by atoms with Gasteiger partial charge in [0.25, 0.3) is 0 Å². The van der Waals surface area contributed by atoms with Gasteiger partial charge in [-0.15, -0.1) is 0 Å². The molecule has 0 radical (unpaired) electrons. The minimum Gasteiger partial charge on any atom is -0.395 e. The first kappa shape index (κ1) is 9.56. The first-order chi connectivity index (χ1) is 5.66. The van der Waals surface area contributed by atoms with Gasteiger partial charge in [-0.3, -0.25) is 0 Å². The summed E-state index contributed by atoms with van der Waals surface area (Å²) in [6.07, 6.45) is 4.79. The summed E-state index contributed by atoms with van der Waals surface area (Å²) in [5.74, 6) is 0. The lowest BCUT2D eigenvalue weighted by Crippen LogP contribution is -2.23. The molecule has 0 aromatic rings. The second kappa shape index (κ2) is 3.92. The van der Waals surface area contributed by atoms with E-state index in [2.05, 4.69) is 19.0 Å². The second-order valence-corrected chi connectivity index (χ2v) is 4.12. The Kier molecular flexibility index (Phi) is 3.12. The molecule has 1 atom stereocenters. The Morgan fingerprint density at radius 2 is 2.33 bits per heavy atom. The topological polar surface area (TPSA) is 21.6 Å². The summed E-state index contributed by atoms with van der Waals surface area (Å²) >= 11 is 0. The third-order valence-electron chi connectivity index (χ3n) is 2.81. The van der Waals surface area contributed by atoms with Gasteiger partial charge < -0.3 is 4.84 Å². The maximum Gasteiger partial charge on any atom is 0.122 e. The minimum atomic E-state index is 0.351. The molecule has 0 bridgehead atoms. The molecule has 12 heavy (non-hydrogen) atoms. The van der Waals surface area contributed by atoms with E-state index in [9.17, 15) is 0 Å². The van der Waals surface area contributed by atoms with Gasteiger partial charge in [-0.25, -0.2) is 0 Å². The van der Waals surface area contributed by atoms with Crippen molar-refractivity contribution in [3.63, 3.8) is 0 Å². The molecule has 0 aromatic carbocycles. The lowest BCUT2D eigenvalue weighted by atomic mass is 9.83. The van der Waals surface area contributed by atoms with Crippen molar-refractivity contribution in [2.24, 2.45) is 10.6 Å². The van der Waals surface area contributed by atoms with Crippen molar-refractivity contribution < 1.29 is 4.84 Å². The number of hydrogen-bond acceptors (Lipinski definition) is 2. The number of rotatable bonds is 1. The van der Waals surface area contributed by atoms with Crippen LogP contribution in [0.5, 0.6) is 0 Å². The highest BCUT2D eigenvalue weighted by molar-refractivity contribution is 5.81. The Morgan fingerprint density at radius 3 is 3.00 bits per heavy atom. The van der Waals surface area contributed by atoms with Crippen molar-refractivity contribution in [3.8, 4) is 0 Å². The standard InChI is InChI=1S/C10H19NO/c1-4-10(3)7-5-6-9(2)11-12-8-10/h4-8H2,1-3H3/b11-9-. The lowest BCUT2D eigenvalue weighted by molar-refractivity contribution is 0.0444. The van der Waals surface area contributed by atoms with Gasteiger partial charge >= 0.3 is 0 Å². The summed E-state index contributed by atoms with van der Waals surface area (Å²) in [6.45, 7) is 7.32. The van der Waals surface area contributed by atoms with Crippen LogP contribution in [-0.4, -0.2) is 12.3 Å². The van der Waals surface area contributed by atoms with Crippen LogP contribution in [0.15, 0.2) is 5.16 Å². The van der Waals surface area contributed by atoms with Crippen molar-refractivity contribution in [3.05, 3.63) is 0 Å². The molecule has 1 rings (SSSR count). The molecule has 0 saturated carbocycles.